The zero-order valence-electron chi connectivity index (χ0n) is 35.3. The highest BCUT2D eigenvalue weighted by Crippen LogP contribution is 2.42. The standard InChI is InChI=1S/C60H42N2O2/c1-2-61(48-24-18-43(19-25-48)40-12-6-3-7-13-40)51-30-32-57-55(38-51)53-34-46-35-54-56-39-52(31-33-58(56)64-60(54)37-47(46)36-59(53)63-57)62(49-26-20-44(21-27-49)41-14-8-4-9-15-41)50-28-22-45(23-29-50)42-16-10-5-11-17-42/h3-39H,2H2,1H3. The van der Waals surface area contributed by atoms with Crippen LogP contribution in [0, 0.1) is 0 Å². The van der Waals surface area contributed by atoms with Gasteiger partial charge in [0.05, 0.1) is 0 Å². The van der Waals surface area contributed by atoms with Gasteiger partial charge in [0.15, 0.2) is 0 Å². The lowest BCUT2D eigenvalue weighted by Gasteiger charge is -2.26. The van der Waals surface area contributed by atoms with Gasteiger partial charge >= 0.3 is 0 Å². The van der Waals surface area contributed by atoms with E-state index < -0.39 is 0 Å². The Morgan fingerprint density at radius 3 is 1.08 bits per heavy atom. The number of furan rings is 2. The molecule has 0 spiro atoms. The van der Waals surface area contributed by atoms with E-state index in [9.17, 15) is 0 Å². The number of hydrogen-bond acceptors (Lipinski definition) is 4. The van der Waals surface area contributed by atoms with Crippen molar-refractivity contribution in [3.05, 3.63) is 224 Å². The van der Waals surface area contributed by atoms with Gasteiger partial charge in [-0.25, -0.2) is 0 Å². The third kappa shape index (κ3) is 6.64. The molecule has 0 N–H and O–H groups in total. The molecule has 2 heterocycles. The second kappa shape index (κ2) is 15.5. The summed E-state index contributed by atoms with van der Waals surface area (Å²) in [5.41, 5.74) is 16.1. The van der Waals surface area contributed by atoms with E-state index in [2.05, 4.69) is 241 Å². The van der Waals surface area contributed by atoms with Crippen LogP contribution in [0.5, 0.6) is 0 Å². The van der Waals surface area contributed by atoms with Crippen molar-refractivity contribution < 1.29 is 8.83 Å². The first kappa shape index (κ1) is 37.4. The second-order valence-corrected chi connectivity index (χ2v) is 16.4. The SMILES string of the molecule is CCN(c1ccc(-c2ccccc2)cc1)c1ccc2oc3cc4cc5oc6ccc(N(c7ccc(-c8ccccc8)cc7)c7ccc(-c8ccccc8)cc7)cc6c5cc4cc3c2c1. The molecule has 0 aliphatic carbocycles. The van der Waals surface area contributed by atoms with Crippen molar-refractivity contribution in [3.8, 4) is 33.4 Å². The topological polar surface area (TPSA) is 32.8 Å². The van der Waals surface area contributed by atoms with Crippen molar-refractivity contribution in [1.82, 2.24) is 0 Å². The monoisotopic (exact) mass is 822 g/mol. The van der Waals surface area contributed by atoms with Crippen molar-refractivity contribution in [2.45, 2.75) is 6.92 Å². The van der Waals surface area contributed by atoms with Gasteiger partial charge in [0.1, 0.15) is 22.3 Å². The predicted molar refractivity (Wildman–Crippen MR) is 269 cm³/mol. The molecule has 0 radical (unpaired) electrons. The molecule has 304 valence electrons. The molecule has 0 saturated carbocycles. The van der Waals surface area contributed by atoms with Crippen molar-refractivity contribution in [2.75, 3.05) is 16.3 Å². The van der Waals surface area contributed by atoms with E-state index in [1.807, 2.05) is 0 Å². The van der Waals surface area contributed by atoms with Crippen LogP contribution in [-0.4, -0.2) is 6.54 Å². The lowest BCUT2D eigenvalue weighted by molar-refractivity contribution is 0.668. The summed E-state index contributed by atoms with van der Waals surface area (Å²) in [7, 11) is 0. The molecule has 64 heavy (non-hydrogen) atoms. The summed E-state index contributed by atoms with van der Waals surface area (Å²) < 4.78 is 13.1. The largest absolute Gasteiger partial charge is 0.456 e. The summed E-state index contributed by atoms with van der Waals surface area (Å²) in [6.07, 6.45) is 0. The van der Waals surface area contributed by atoms with E-state index in [0.29, 0.717) is 0 Å². The van der Waals surface area contributed by atoms with E-state index in [1.54, 1.807) is 0 Å². The Hall–Kier alpha value is -8.34. The van der Waals surface area contributed by atoms with Crippen LogP contribution >= 0.6 is 0 Å². The molecule has 4 heteroatoms. The quantitative estimate of drug-likeness (QED) is 0.145. The lowest BCUT2D eigenvalue weighted by atomic mass is 10.0. The van der Waals surface area contributed by atoms with Gasteiger partial charge in [0.25, 0.3) is 0 Å². The van der Waals surface area contributed by atoms with E-state index in [4.69, 9.17) is 8.83 Å². The summed E-state index contributed by atoms with van der Waals surface area (Å²) in [6.45, 7) is 3.03. The minimum absolute atomic E-state index is 0.831. The summed E-state index contributed by atoms with van der Waals surface area (Å²) in [5, 5.41) is 6.54. The van der Waals surface area contributed by atoms with E-state index in [-0.39, 0.29) is 0 Å². The van der Waals surface area contributed by atoms with E-state index in [1.165, 1.54) is 33.4 Å². The second-order valence-electron chi connectivity index (χ2n) is 16.4. The fraction of sp³-hybridized carbons (Fsp3) is 0.0333. The number of nitrogens with zero attached hydrogens (tertiary/aromatic N) is 2. The zero-order valence-corrected chi connectivity index (χ0v) is 35.3. The summed E-state index contributed by atoms with van der Waals surface area (Å²) in [6, 6.07) is 80.1. The summed E-state index contributed by atoms with van der Waals surface area (Å²) >= 11 is 0. The molecule has 12 aromatic rings. The molecule has 0 atom stereocenters. The average molecular weight is 823 g/mol. The fourth-order valence-electron chi connectivity index (χ4n) is 9.37. The molecule has 0 fully saturated rings. The molecule has 10 aromatic carbocycles. The van der Waals surface area contributed by atoms with Crippen LogP contribution in [0.15, 0.2) is 233 Å². The first-order valence-corrected chi connectivity index (χ1v) is 21.9. The van der Waals surface area contributed by atoms with Crippen LogP contribution in [0.3, 0.4) is 0 Å². The first-order valence-electron chi connectivity index (χ1n) is 21.9. The maximum atomic E-state index is 6.58. The molecule has 0 unspecified atom stereocenters. The number of benzene rings is 10. The normalized spacial score (nSPS) is 11.6. The van der Waals surface area contributed by atoms with Crippen LogP contribution in [0.2, 0.25) is 0 Å². The third-order valence-corrected chi connectivity index (χ3v) is 12.6. The summed E-state index contributed by atoms with van der Waals surface area (Å²) in [5.74, 6) is 0. The minimum Gasteiger partial charge on any atom is -0.456 e. The van der Waals surface area contributed by atoms with Crippen LogP contribution in [-0.2, 0) is 0 Å². The number of anilines is 5. The highest BCUT2D eigenvalue weighted by molar-refractivity contribution is 6.16. The molecular formula is C60H42N2O2. The highest BCUT2D eigenvalue weighted by atomic mass is 16.3. The molecular weight excluding hydrogens is 781 g/mol. The smallest absolute Gasteiger partial charge is 0.136 e. The molecule has 4 nitrogen and oxygen atoms in total. The molecule has 0 aliphatic rings. The van der Waals surface area contributed by atoms with Gasteiger partial charge < -0.3 is 18.6 Å². The number of rotatable bonds is 9. The van der Waals surface area contributed by atoms with Gasteiger partial charge in [0.2, 0.25) is 0 Å². The van der Waals surface area contributed by atoms with Crippen molar-refractivity contribution in [2.24, 2.45) is 0 Å². The summed E-state index contributed by atoms with van der Waals surface area (Å²) in [4.78, 5) is 4.68. The first-order chi connectivity index (χ1) is 31.6. The Kier molecular flexibility index (Phi) is 9.08. The maximum absolute atomic E-state index is 6.58. The van der Waals surface area contributed by atoms with Gasteiger partial charge in [-0.1, -0.05) is 127 Å². The lowest BCUT2D eigenvalue weighted by Crippen LogP contribution is -2.15. The molecule has 12 rings (SSSR count). The van der Waals surface area contributed by atoms with Gasteiger partial charge in [0, 0.05) is 56.5 Å². The van der Waals surface area contributed by atoms with Crippen LogP contribution < -0.4 is 9.80 Å². The van der Waals surface area contributed by atoms with Gasteiger partial charge in [-0.05, 0) is 148 Å². The molecule has 0 aliphatic heterocycles. The van der Waals surface area contributed by atoms with Gasteiger partial charge in [-0.15, -0.1) is 0 Å². The Morgan fingerprint density at radius 2 is 0.641 bits per heavy atom. The number of hydrogen-bond donors (Lipinski definition) is 0. The maximum Gasteiger partial charge on any atom is 0.136 e. The Balaban J connectivity index is 0.937. The van der Waals surface area contributed by atoms with Crippen LogP contribution in [0.25, 0.3) is 88.0 Å². The van der Waals surface area contributed by atoms with E-state index in [0.717, 1.165) is 89.6 Å². The molecule has 0 saturated heterocycles. The Labute approximate surface area is 371 Å². The van der Waals surface area contributed by atoms with Crippen molar-refractivity contribution in [3.63, 3.8) is 0 Å². The van der Waals surface area contributed by atoms with Crippen LogP contribution in [0.1, 0.15) is 6.92 Å². The van der Waals surface area contributed by atoms with Gasteiger partial charge in [-0.3, -0.25) is 0 Å². The predicted octanol–water partition coefficient (Wildman–Crippen LogP) is 17.3. The molecule has 0 bridgehead atoms. The number of fused-ring (bicyclic) bond motifs is 7. The average Bonchev–Trinajstić information content (AvgIpc) is 3.90. The Bertz CT molecular complexity index is 3530. The highest BCUT2D eigenvalue weighted by Gasteiger charge is 2.19. The third-order valence-electron chi connectivity index (χ3n) is 12.6. The van der Waals surface area contributed by atoms with E-state index >= 15 is 0 Å². The van der Waals surface area contributed by atoms with Crippen LogP contribution in [0.4, 0.5) is 28.4 Å². The van der Waals surface area contributed by atoms with Crippen molar-refractivity contribution >= 4 is 83.1 Å². The molecule has 0 amide bonds. The Morgan fingerprint density at radius 1 is 0.297 bits per heavy atom. The fourth-order valence-corrected chi connectivity index (χ4v) is 9.37. The molecule has 2 aromatic heterocycles. The zero-order chi connectivity index (χ0) is 42.6. The minimum atomic E-state index is 0.831. The van der Waals surface area contributed by atoms with Gasteiger partial charge in [-0.2, -0.15) is 0 Å². The van der Waals surface area contributed by atoms with Crippen molar-refractivity contribution in [1.29, 1.82) is 0 Å².